The molecule has 1 spiro atoms. The first-order valence-corrected chi connectivity index (χ1v) is 29.1. The minimum atomic E-state index is -1.16. The number of para-hydroxylation sites is 2. The molecule has 4 heteroatoms. The van der Waals surface area contributed by atoms with E-state index in [1.165, 1.54) is 120 Å². The van der Waals surface area contributed by atoms with Crippen molar-refractivity contribution in [3.8, 4) is 44.8 Å². The molecule has 4 bridgehead atoms. The summed E-state index contributed by atoms with van der Waals surface area (Å²) in [5, 5.41) is 8.73. The van der Waals surface area contributed by atoms with Gasteiger partial charge in [0.05, 0.1) is 33.3 Å². The van der Waals surface area contributed by atoms with E-state index in [2.05, 4.69) is 210 Å². The molecule has 5 aliphatic carbocycles. The van der Waals surface area contributed by atoms with Gasteiger partial charge in [-0.2, -0.15) is 0 Å². The van der Waals surface area contributed by atoms with Crippen molar-refractivity contribution in [2.45, 2.75) is 42.4 Å². The van der Waals surface area contributed by atoms with Crippen molar-refractivity contribution in [2.24, 2.45) is 23.7 Å². The fourth-order valence-corrected chi connectivity index (χ4v) is 16.9. The fourth-order valence-electron chi connectivity index (χ4n) is 15.6. The van der Waals surface area contributed by atoms with Crippen LogP contribution in [0.1, 0.15) is 43.2 Å². The van der Waals surface area contributed by atoms with E-state index in [1.807, 2.05) is 12.3 Å². The van der Waals surface area contributed by atoms with E-state index < -0.39 is 10.0 Å². The average Bonchev–Trinajstić information content (AvgIpc) is 4.03. The molecule has 3 heterocycles. The Morgan fingerprint density at radius 2 is 1.01 bits per heavy atom. The molecule has 0 radical (unpaired) electrons. The molecule has 5 aliphatic rings. The van der Waals surface area contributed by atoms with Crippen LogP contribution >= 0.6 is 10.0 Å². The molecule has 72 heavy (non-hydrogen) atoms. The molecule has 0 atom stereocenters. The molecule has 4 saturated carbocycles. The smallest absolute Gasteiger partial charge is 0.0780 e. The number of benzene rings is 9. The Kier molecular flexibility index (Phi) is 8.50. The first kappa shape index (κ1) is 41.2. The van der Waals surface area contributed by atoms with Gasteiger partial charge < -0.3 is 9.13 Å². The van der Waals surface area contributed by atoms with Gasteiger partial charge in [-0.15, -0.1) is 0 Å². The van der Waals surface area contributed by atoms with Crippen LogP contribution in [0.25, 0.3) is 110 Å². The number of nitrogens with zero attached hydrogens (tertiary/aromatic N) is 3. The summed E-state index contributed by atoms with van der Waals surface area (Å²) in [4.78, 5) is 6.49. The zero-order chi connectivity index (χ0) is 47.6. The highest BCUT2D eigenvalue weighted by molar-refractivity contribution is 8.32. The third kappa shape index (κ3) is 5.62. The minimum absolute atomic E-state index is 0.0740. The predicted molar refractivity (Wildman–Crippen MR) is 306 cm³/mol. The summed E-state index contributed by atoms with van der Waals surface area (Å²) in [5.41, 5.74) is 19.7. The molecule has 3 nitrogen and oxygen atoms in total. The second-order valence-corrected chi connectivity index (χ2v) is 26.8. The number of pyridine rings is 1. The Labute approximate surface area is 422 Å². The monoisotopic (exact) mass is 945 g/mol. The maximum atomic E-state index is 4.94. The van der Waals surface area contributed by atoms with Crippen LogP contribution in [0.3, 0.4) is 0 Å². The molecule has 9 aromatic carbocycles. The zero-order valence-corrected chi connectivity index (χ0v) is 41.9. The average molecular weight is 946 g/mol. The van der Waals surface area contributed by atoms with Crippen molar-refractivity contribution >= 4 is 75.3 Å². The lowest BCUT2D eigenvalue weighted by atomic mass is 9.43. The lowest BCUT2D eigenvalue weighted by molar-refractivity contribution is -0.0399. The highest BCUT2D eigenvalue weighted by Gasteiger charge is 2.62. The summed E-state index contributed by atoms with van der Waals surface area (Å²) in [6.45, 7) is 0. The van der Waals surface area contributed by atoms with Crippen LogP contribution in [0, 0.1) is 23.7 Å². The maximum absolute atomic E-state index is 4.94. The summed E-state index contributed by atoms with van der Waals surface area (Å²) < 4.78 is 5.11. The molecule has 17 rings (SSSR count). The van der Waals surface area contributed by atoms with Crippen LogP contribution in [-0.2, 0) is 5.41 Å². The van der Waals surface area contributed by atoms with Gasteiger partial charge in [-0.25, -0.2) is 10.0 Å². The van der Waals surface area contributed by atoms with Gasteiger partial charge in [0.25, 0.3) is 0 Å². The predicted octanol–water partition coefficient (Wildman–Crippen LogP) is 17.7. The van der Waals surface area contributed by atoms with E-state index >= 15 is 0 Å². The number of aromatic nitrogens is 3. The van der Waals surface area contributed by atoms with E-state index in [9.17, 15) is 0 Å². The lowest BCUT2D eigenvalue weighted by Gasteiger charge is -2.61. The van der Waals surface area contributed by atoms with E-state index in [4.69, 9.17) is 4.98 Å². The third-order valence-electron chi connectivity index (χ3n) is 18.2. The molecule has 0 amide bonds. The topological polar surface area (TPSA) is 22.8 Å². The maximum Gasteiger partial charge on any atom is 0.0780 e. The number of fused-ring (bicyclic) bond motifs is 11. The standard InChI is InChI=1S/C68H55N3S/c1-72(2,3)65-40-50(39-59-66(65)54-19-6-8-21-58(54)68(59)48-32-41-31-42(34-48)35-49(68)33-41)70-62-27-24-46(37-56(62)57-38-47(26-29-63(57)70)52-20-10-15-44-16-12-30-69-67(44)52)45-25-28-64-55(36-45)53-18-7-9-22-61(53)71(64)60-23-11-14-43-13-4-5-17-51(43)60/h4-30,36-42,48-49H,31-35H2,1-3H3. The van der Waals surface area contributed by atoms with Crippen LogP contribution in [0.4, 0.5) is 0 Å². The van der Waals surface area contributed by atoms with Gasteiger partial charge in [0.15, 0.2) is 0 Å². The Bertz CT molecular complexity index is 4250. The first-order chi connectivity index (χ1) is 35.3. The van der Waals surface area contributed by atoms with Gasteiger partial charge in [0.2, 0.25) is 0 Å². The largest absolute Gasteiger partial charge is 0.309 e. The highest BCUT2D eigenvalue weighted by atomic mass is 32.3. The second kappa shape index (κ2) is 14.8. The van der Waals surface area contributed by atoms with E-state index in [0.29, 0.717) is 11.8 Å². The molecule has 12 aromatic rings. The van der Waals surface area contributed by atoms with Crippen LogP contribution in [-0.4, -0.2) is 32.9 Å². The van der Waals surface area contributed by atoms with Crippen molar-refractivity contribution < 1.29 is 0 Å². The van der Waals surface area contributed by atoms with Crippen molar-refractivity contribution in [1.29, 1.82) is 0 Å². The van der Waals surface area contributed by atoms with E-state index in [0.717, 1.165) is 28.3 Å². The molecule has 4 fully saturated rings. The molecule has 0 unspecified atom stereocenters. The molecule has 348 valence electrons. The first-order valence-electron chi connectivity index (χ1n) is 26.2. The quantitative estimate of drug-likeness (QED) is 0.169. The number of hydrogen-bond donors (Lipinski definition) is 0. The van der Waals surface area contributed by atoms with E-state index in [-0.39, 0.29) is 5.41 Å². The summed E-state index contributed by atoms with van der Waals surface area (Å²) >= 11 is 0. The molecule has 0 saturated heterocycles. The van der Waals surface area contributed by atoms with Crippen LogP contribution in [0.2, 0.25) is 0 Å². The van der Waals surface area contributed by atoms with Gasteiger partial charge in [-0.3, -0.25) is 4.98 Å². The number of hydrogen-bond acceptors (Lipinski definition) is 1. The normalized spacial score (nSPS) is 21.3. The molecular weight excluding hydrogens is 891 g/mol. The van der Waals surface area contributed by atoms with Gasteiger partial charge in [0, 0.05) is 55.2 Å². The number of rotatable bonds is 5. The van der Waals surface area contributed by atoms with Crippen LogP contribution in [0.5, 0.6) is 0 Å². The minimum Gasteiger partial charge on any atom is -0.309 e. The highest BCUT2D eigenvalue weighted by Crippen LogP contribution is 2.71. The van der Waals surface area contributed by atoms with Gasteiger partial charge in [-0.1, -0.05) is 121 Å². The fraction of sp³-hybridized carbons (Fsp3) is 0.191. The molecule has 3 aromatic heterocycles. The Hall–Kier alpha value is -7.40. The van der Waals surface area contributed by atoms with Gasteiger partial charge >= 0.3 is 0 Å². The summed E-state index contributed by atoms with van der Waals surface area (Å²) in [6, 6.07) is 71.8. The lowest BCUT2D eigenvalue weighted by Crippen LogP contribution is -2.55. The van der Waals surface area contributed by atoms with Gasteiger partial charge in [-0.05, 0) is 190 Å². The van der Waals surface area contributed by atoms with Gasteiger partial charge in [0.1, 0.15) is 0 Å². The van der Waals surface area contributed by atoms with Crippen molar-refractivity contribution in [1.82, 2.24) is 14.1 Å². The molecule has 0 aliphatic heterocycles. The van der Waals surface area contributed by atoms with Crippen LogP contribution in [0.15, 0.2) is 199 Å². The van der Waals surface area contributed by atoms with Crippen molar-refractivity contribution in [3.63, 3.8) is 0 Å². The van der Waals surface area contributed by atoms with Crippen LogP contribution < -0.4 is 0 Å². The Morgan fingerprint density at radius 1 is 0.444 bits per heavy atom. The second-order valence-electron chi connectivity index (χ2n) is 22.7. The third-order valence-corrected chi connectivity index (χ3v) is 19.9. The Balaban J connectivity index is 0.941. The van der Waals surface area contributed by atoms with Crippen molar-refractivity contribution in [2.75, 3.05) is 18.8 Å². The summed E-state index contributed by atoms with van der Waals surface area (Å²) in [6.07, 6.45) is 16.5. The zero-order valence-electron chi connectivity index (χ0n) is 41.1. The SMILES string of the molecule is CS(C)(C)c1cc(-n2c3ccc(-c4ccc5c(c4)c4ccccc4n5-c4cccc5ccccc45)cc3c3cc(-c4cccc5cccnc45)ccc32)cc2c1-c1ccccc1C21C2CC3CC(C2)CC1C3. The molecule has 0 N–H and O–H groups in total. The summed E-state index contributed by atoms with van der Waals surface area (Å²) in [7, 11) is -1.16. The Morgan fingerprint density at radius 3 is 1.78 bits per heavy atom. The molecular formula is C68H55N3S. The van der Waals surface area contributed by atoms with Crippen molar-refractivity contribution in [3.05, 3.63) is 205 Å². The summed E-state index contributed by atoms with van der Waals surface area (Å²) in [5.74, 6) is 3.19. The van der Waals surface area contributed by atoms with E-state index in [1.54, 1.807) is 21.6 Å².